The molecule has 0 radical (unpaired) electrons. The number of hydrogen-bond donors (Lipinski definition) is 1. The van der Waals surface area contributed by atoms with Crippen molar-refractivity contribution in [1.29, 1.82) is 0 Å². The van der Waals surface area contributed by atoms with E-state index in [0.29, 0.717) is 12.6 Å². The molecule has 0 saturated heterocycles. The molecule has 1 heterocycles. The lowest BCUT2D eigenvalue weighted by Crippen LogP contribution is -2.12. The van der Waals surface area contributed by atoms with Crippen molar-refractivity contribution in [2.45, 2.75) is 6.92 Å². The summed E-state index contributed by atoms with van der Waals surface area (Å²) in [5, 5.41) is 3.10. The van der Waals surface area contributed by atoms with Crippen LogP contribution in [0.5, 0.6) is 5.75 Å². The zero-order chi connectivity index (χ0) is 10.7. The number of benzene rings is 1. The van der Waals surface area contributed by atoms with Gasteiger partial charge >= 0.3 is 0 Å². The normalized spacial score (nSPS) is 14.4. The first-order valence-electron chi connectivity index (χ1n) is 4.88. The lowest BCUT2D eigenvalue weighted by molar-refractivity contribution is 0.346. The van der Waals surface area contributed by atoms with Crippen molar-refractivity contribution in [3.05, 3.63) is 23.8 Å². The molecule has 0 spiro atoms. The van der Waals surface area contributed by atoms with E-state index in [0.717, 1.165) is 23.5 Å². The quantitative estimate of drug-likeness (QED) is 0.802. The van der Waals surface area contributed by atoms with Crippen LogP contribution in [0.2, 0.25) is 0 Å². The van der Waals surface area contributed by atoms with Gasteiger partial charge in [0.1, 0.15) is 12.4 Å². The second-order valence-corrected chi connectivity index (χ2v) is 3.36. The van der Waals surface area contributed by atoms with E-state index in [9.17, 15) is 0 Å². The maximum Gasteiger partial charge on any atom is 0.289 e. The first-order chi connectivity index (χ1) is 7.29. The number of hydrogen-bond acceptors (Lipinski definition) is 4. The molecule has 0 aliphatic carbocycles. The van der Waals surface area contributed by atoms with E-state index in [4.69, 9.17) is 9.47 Å². The van der Waals surface area contributed by atoms with Gasteiger partial charge in [-0.15, -0.1) is 0 Å². The van der Waals surface area contributed by atoms with E-state index in [1.54, 1.807) is 7.11 Å². The van der Waals surface area contributed by atoms with E-state index in [-0.39, 0.29) is 0 Å². The summed E-state index contributed by atoms with van der Waals surface area (Å²) in [6.45, 7) is 3.40. The highest BCUT2D eigenvalue weighted by Crippen LogP contribution is 2.25. The van der Waals surface area contributed by atoms with Crippen LogP contribution in [0.4, 0.5) is 5.69 Å². The molecular weight excluding hydrogens is 192 g/mol. The lowest BCUT2D eigenvalue weighted by Gasteiger charge is -2.11. The molecule has 2 rings (SSSR count). The van der Waals surface area contributed by atoms with Crippen LogP contribution in [0.25, 0.3) is 0 Å². The Balaban J connectivity index is 2.21. The van der Waals surface area contributed by atoms with Gasteiger partial charge < -0.3 is 14.8 Å². The molecule has 1 aliphatic heterocycles. The highest BCUT2D eigenvalue weighted by Gasteiger charge is 2.10. The Morgan fingerprint density at radius 2 is 2.33 bits per heavy atom. The third-order valence-corrected chi connectivity index (χ3v) is 2.18. The molecule has 4 heteroatoms. The minimum absolute atomic E-state index is 0.568. The predicted octanol–water partition coefficient (Wildman–Crippen LogP) is 1.80. The summed E-state index contributed by atoms with van der Waals surface area (Å²) in [6.07, 6.45) is 0. The molecular formula is C11H14N2O2. The highest BCUT2D eigenvalue weighted by atomic mass is 16.5. The average molecular weight is 206 g/mol. The van der Waals surface area contributed by atoms with Gasteiger partial charge in [-0.1, -0.05) is 6.07 Å². The Bertz CT molecular complexity index is 388. The summed E-state index contributed by atoms with van der Waals surface area (Å²) in [6, 6.07) is 6.50. The molecule has 1 aromatic rings. The van der Waals surface area contributed by atoms with Gasteiger partial charge in [0.05, 0.1) is 19.3 Å². The summed E-state index contributed by atoms with van der Waals surface area (Å²) >= 11 is 0. The van der Waals surface area contributed by atoms with Gasteiger partial charge in [0.25, 0.3) is 6.02 Å². The number of rotatable bonds is 2. The minimum atomic E-state index is 0.568. The van der Waals surface area contributed by atoms with E-state index < -0.39 is 0 Å². The van der Waals surface area contributed by atoms with Crippen molar-refractivity contribution in [3.63, 3.8) is 0 Å². The first-order valence-corrected chi connectivity index (χ1v) is 4.88. The van der Waals surface area contributed by atoms with Gasteiger partial charge in [-0.3, -0.25) is 0 Å². The van der Waals surface area contributed by atoms with Gasteiger partial charge in [-0.25, -0.2) is 4.99 Å². The van der Waals surface area contributed by atoms with Crippen molar-refractivity contribution >= 4 is 11.7 Å². The van der Waals surface area contributed by atoms with E-state index in [1.807, 2.05) is 25.1 Å². The number of aliphatic imine (C=N–C) groups is 1. The Labute approximate surface area is 88.9 Å². The summed E-state index contributed by atoms with van der Waals surface area (Å²) in [5.41, 5.74) is 2.05. The number of nitrogens with zero attached hydrogens (tertiary/aromatic N) is 1. The van der Waals surface area contributed by atoms with Crippen LogP contribution in [0.15, 0.2) is 23.2 Å². The number of anilines is 1. The van der Waals surface area contributed by atoms with Gasteiger partial charge in [-0.2, -0.15) is 0 Å². The fourth-order valence-electron chi connectivity index (χ4n) is 1.45. The van der Waals surface area contributed by atoms with Crippen LogP contribution in [0.3, 0.4) is 0 Å². The van der Waals surface area contributed by atoms with Crippen LogP contribution < -0.4 is 10.1 Å². The second-order valence-electron chi connectivity index (χ2n) is 3.36. The molecule has 0 saturated carbocycles. The fourth-order valence-corrected chi connectivity index (χ4v) is 1.45. The maximum absolute atomic E-state index is 5.28. The maximum atomic E-state index is 5.28. The zero-order valence-electron chi connectivity index (χ0n) is 8.91. The predicted molar refractivity (Wildman–Crippen MR) is 59.6 cm³/mol. The molecule has 0 atom stereocenters. The van der Waals surface area contributed by atoms with Gasteiger partial charge in [0, 0.05) is 0 Å². The third kappa shape index (κ3) is 2.21. The monoisotopic (exact) mass is 206 g/mol. The van der Waals surface area contributed by atoms with Crippen molar-refractivity contribution in [3.8, 4) is 5.75 Å². The second kappa shape index (κ2) is 4.21. The summed E-state index contributed by atoms with van der Waals surface area (Å²) in [5.74, 6) is 0.791. The molecule has 1 aliphatic rings. The molecule has 1 N–H and O–H groups in total. The molecule has 80 valence electrons. The Morgan fingerprint density at radius 3 is 3.00 bits per heavy atom. The lowest BCUT2D eigenvalue weighted by atomic mass is 10.2. The third-order valence-electron chi connectivity index (χ3n) is 2.18. The molecule has 4 nitrogen and oxygen atoms in total. The molecule has 0 amide bonds. The van der Waals surface area contributed by atoms with Crippen LogP contribution in [0.1, 0.15) is 5.56 Å². The Hall–Kier alpha value is -1.71. The molecule has 0 bridgehead atoms. The van der Waals surface area contributed by atoms with E-state index >= 15 is 0 Å². The average Bonchev–Trinajstić information content (AvgIpc) is 2.71. The van der Waals surface area contributed by atoms with Crippen molar-refractivity contribution < 1.29 is 9.47 Å². The van der Waals surface area contributed by atoms with Gasteiger partial charge in [0.2, 0.25) is 0 Å². The largest absolute Gasteiger partial charge is 0.495 e. The highest BCUT2D eigenvalue weighted by molar-refractivity contribution is 5.91. The SMILES string of the molecule is COc1ccc(C)cc1NC1=NCCO1. The Morgan fingerprint density at radius 1 is 1.47 bits per heavy atom. The smallest absolute Gasteiger partial charge is 0.289 e. The van der Waals surface area contributed by atoms with E-state index in [2.05, 4.69) is 10.3 Å². The summed E-state index contributed by atoms with van der Waals surface area (Å²) in [7, 11) is 1.65. The molecule has 0 fully saturated rings. The number of methoxy groups -OCH3 is 1. The van der Waals surface area contributed by atoms with Crippen LogP contribution in [-0.2, 0) is 4.74 Å². The zero-order valence-corrected chi connectivity index (χ0v) is 8.91. The number of nitrogens with one attached hydrogen (secondary N) is 1. The van der Waals surface area contributed by atoms with Gasteiger partial charge in [-0.05, 0) is 24.6 Å². The molecule has 15 heavy (non-hydrogen) atoms. The topological polar surface area (TPSA) is 42.8 Å². The van der Waals surface area contributed by atoms with E-state index in [1.165, 1.54) is 0 Å². The van der Waals surface area contributed by atoms with Crippen LogP contribution >= 0.6 is 0 Å². The van der Waals surface area contributed by atoms with Gasteiger partial charge in [0.15, 0.2) is 0 Å². The number of aryl methyl sites for hydroxylation is 1. The van der Waals surface area contributed by atoms with Crippen molar-refractivity contribution in [2.24, 2.45) is 4.99 Å². The summed E-state index contributed by atoms with van der Waals surface area (Å²) in [4.78, 5) is 4.16. The number of amidine groups is 1. The van der Waals surface area contributed by atoms with Crippen molar-refractivity contribution in [1.82, 2.24) is 0 Å². The Kier molecular flexibility index (Phi) is 2.76. The van der Waals surface area contributed by atoms with Crippen LogP contribution in [-0.4, -0.2) is 26.3 Å². The molecule has 0 unspecified atom stereocenters. The number of ether oxygens (including phenoxy) is 2. The molecule has 1 aromatic carbocycles. The summed E-state index contributed by atoms with van der Waals surface area (Å²) < 4.78 is 10.5. The minimum Gasteiger partial charge on any atom is -0.495 e. The van der Waals surface area contributed by atoms with Crippen molar-refractivity contribution in [2.75, 3.05) is 25.6 Å². The fraction of sp³-hybridized carbons (Fsp3) is 0.364. The van der Waals surface area contributed by atoms with Crippen LogP contribution in [0, 0.1) is 6.92 Å². The molecule has 0 aromatic heterocycles. The standard InChI is InChI=1S/C11H14N2O2/c1-8-3-4-10(14-2)9(7-8)13-11-12-5-6-15-11/h3-4,7H,5-6H2,1-2H3,(H,12,13). The first kappa shape index (κ1) is 9.83.